The molecule has 0 radical (unpaired) electrons. The van der Waals surface area contributed by atoms with Gasteiger partial charge in [-0.3, -0.25) is 0 Å². The van der Waals surface area contributed by atoms with Gasteiger partial charge in [0, 0.05) is 24.5 Å². The SMILES string of the molecule is CC(C)n1ccnc1CN[C@H]1CC(C)(C)OC1(C)C. The zero-order chi connectivity index (χ0) is 14.3. The predicted octanol–water partition coefficient (Wildman–Crippen LogP) is 2.90. The average Bonchev–Trinajstić information content (AvgIpc) is 2.77. The summed E-state index contributed by atoms with van der Waals surface area (Å²) in [5.74, 6) is 1.09. The zero-order valence-electron chi connectivity index (χ0n) is 13.0. The van der Waals surface area contributed by atoms with E-state index in [-0.39, 0.29) is 11.2 Å². The van der Waals surface area contributed by atoms with Crippen LogP contribution in [-0.4, -0.2) is 26.8 Å². The highest BCUT2D eigenvalue weighted by Crippen LogP contribution is 2.37. The van der Waals surface area contributed by atoms with Crippen LogP contribution in [0.4, 0.5) is 0 Å². The zero-order valence-corrected chi connectivity index (χ0v) is 13.0. The molecule has 0 unspecified atom stereocenters. The molecule has 1 aliphatic heterocycles. The summed E-state index contributed by atoms with van der Waals surface area (Å²) in [7, 11) is 0. The number of rotatable bonds is 4. The van der Waals surface area contributed by atoms with E-state index in [0.29, 0.717) is 12.1 Å². The molecule has 2 heterocycles. The third kappa shape index (κ3) is 3.18. The maximum absolute atomic E-state index is 6.11. The van der Waals surface area contributed by atoms with E-state index in [0.717, 1.165) is 18.8 Å². The first-order valence-electron chi connectivity index (χ1n) is 7.16. The molecule has 4 heteroatoms. The van der Waals surface area contributed by atoms with E-state index in [2.05, 4.69) is 56.4 Å². The minimum Gasteiger partial charge on any atom is -0.368 e. The lowest BCUT2D eigenvalue weighted by molar-refractivity contribution is -0.0699. The van der Waals surface area contributed by atoms with Crippen molar-refractivity contribution in [2.45, 2.75) is 77.8 Å². The van der Waals surface area contributed by atoms with Crippen LogP contribution in [0.25, 0.3) is 0 Å². The van der Waals surface area contributed by atoms with Crippen molar-refractivity contribution in [3.63, 3.8) is 0 Å². The monoisotopic (exact) mass is 265 g/mol. The summed E-state index contributed by atoms with van der Waals surface area (Å²) in [5, 5.41) is 3.62. The molecule has 0 aliphatic carbocycles. The first-order valence-corrected chi connectivity index (χ1v) is 7.16. The molecule has 1 N–H and O–H groups in total. The van der Waals surface area contributed by atoms with Gasteiger partial charge in [0.25, 0.3) is 0 Å². The van der Waals surface area contributed by atoms with Crippen LogP contribution in [0.3, 0.4) is 0 Å². The summed E-state index contributed by atoms with van der Waals surface area (Å²) in [6.07, 6.45) is 4.95. The molecule has 0 aromatic carbocycles. The van der Waals surface area contributed by atoms with Crippen molar-refractivity contribution >= 4 is 0 Å². The molecule has 108 valence electrons. The van der Waals surface area contributed by atoms with E-state index in [9.17, 15) is 0 Å². The van der Waals surface area contributed by atoms with Gasteiger partial charge in [0.15, 0.2) is 0 Å². The van der Waals surface area contributed by atoms with Crippen molar-refractivity contribution in [1.29, 1.82) is 0 Å². The minimum atomic E-state index is -0.126. The van der Waals surface area contributed by atoms with Crippen molar-refractivity contribution in [2.75, 3.05) is 0 Å². The molecule has 1 aliphatic rings. The van der Waals surface area contributed by atoms with E-state index >= 15 is 0 Å². The van der Waals surface area contributed by atoms with Crippen molar-refractivity contribution in [2.24, 2.45) is 0 Å². The van der Waals surface area contributed by atoms with Gasteiger partial charge < -0.3 is 14.6 Å². The number of nitrogens with zero attached hydrogens (tertiary/aromatic N) is 2. The molecule has 1 fully saturated rings. The van der Waals surface area contributed by atoms with Gasteiger partial charge in [0.2, 0.25) is 0 Å². The van der Waals surface area contributed by atoms with Crippen LogP contribution in [0.15, 0.2) is 12.4 Å². The highest BCUT2D eigenvalue weighted by atomic mass is 16.5. The average molecular weight is 265 g/mol. The standard InChI is InChI=1S/C15H27N3O/c1-11(2)18-8-7-16-13(18)10-17-12-9-14(3,4)19-15(12,5)6/h7-8,11-12,17H,9-10H2,1-6H3/t12-/m0/s1. The number of hydrogen-bond acceptors (Lipinski definition) is 3. The van der Waals surface area contributed by atoms with Crippen LogP contribution in [-0.2, 0) is 11.3 Å². The second-order valence-corrected chi connectivity index (χ2v) is 6.95. The molecular formula is C15H27N3O. The van der Waals surface area contributed by atoms with Gasteiger partial charge in [0.05, 0.1) is 17.7 Å². The van der Waals surface area contributed by atoms with E-state index in [4.69, 9.17) is 4.74 Å². The van der Waals surface area contributed by atoms with Gasteiger partial charge in [-0.25, -0.2) is 4.98 Å². The molecule has 1 aromatic heterocycles. The van der Waals surface area contributed by atoms with Crippen molar-refractivity contribution < 1.29 is 4.74 Å². The smallest absolute Gasteiger partial charge is 0.122 e. The van der Waals surface area contributed by atoms with Gasteiger partial charge in [-0.15, -0.1) is 0 Å². The van der Waals surface area contributed by atoms with Gasteiger partial charge >= 0.3 is 0 Å². The molecule has 1 aromatic rings. The van der Waals surface area contributed by atoms with Gasteiger partial charge in [0.1, 0.15) is 5.82 Å². The first-order chi connectivity index (χ1) is 8.71. The molecule has 19 heavy (non-hydrogen) atoms. The molecule has 4 nitrogen and oxygen atoms in total. The fourth-order valence-electron chi connectivity index (χ4n) is 3.05. The van der Waals surface area contributed by atoms with Gasteiger partial charge in [-0.1, -0.05) is 0 Å². The lowest BCUT2D eigenvalue weighted by Crippen LogP contribution is -2.43. The predicted molar refractivity (Wildman–Crippen MR) is 77.1 cm³/mol. The fourth-order valence-corrected chi connectivity index (χ4v) is 3.05. The fraction of sp³-hybridized carbons (Fsp3) is 0.800. The second-order valence-electron chi connectivity index (χ2n) is 6.95. The molecule has 1 atom stereocenters. The Morgan fingerprint density at radius 3 is 2.63 bits per heavy atom. The number of nitrogens with one attached hydrogen (secondary N) is 1. The summed E-state index contributed by atoms with van der Waals surface area (Å²) in [4.78, 5) is 4.44. The van der Waals surface area contributed by atoms with Gasteiger partial charge in [-0.2, -0.15) is 0 Å². The van der Waals surface area contributed by atoms with E-state index in [1.54, 1.807) is 0 Å². The quantitative estimate of drug-likeness (QED) is 0.910. The lowest BCUT2D eigenvalue weighted by Gasteiger charge is -2.28. The van der Waals surface area contributed by atoms with E-state index in [1.807, 2.05) is 12.4 Å². The Labute approximate surface area is 116 Å². The number of imidazole rings is 1. The molecule has 2 rings (SSSR count). The molecule has 0 amide bonds. The van der Waals surface area contributed by atoms with Crippen LogP contribution in [0.1, 0.15) is 59.8 Å². The first kappa shape index (κ1) is 14.5. The lowest BCUT2D eigenvalue weighted by atomic mass is 9.94. The Hall–Kier alpha value is -0.870. The van der Waals surface area contributed by atoms with Crippen LogP contribution in [0.5, 0.6) is 0 Å². The topological polar surface area (TPSA) is 39.1 Å². The number of hydrogen-bond donors (Lipinski definition) is 1. The Bertz CT molecular complexity index is 434. The van der Waals surface area contributed by atoms with Crippen molar-refractivity contribution in [3.05, 3.63) is 18.2 Å². The minimum absolute atomic E-state index is 0.0470. The number of aromatic nitrogens is 2. The number of ether oxygens (including phenoxy) is 1. The molecular weight excluding hydrogens is 238 g/mol. The third-order valence-electron chi connectivity index (χ3n) is 3.89. The Morgan fingerprint density at radius 2 is 2.11 bits per heavy atom. The van der Waals surface area contributed by atoms with Crippen LogP contribution < -0.4 is 5.32 Å². The normalized spacial score (nSPS) is 25.1. The highest BCUT2D eigenvalue weighted by molar-refractivity contribution is 5.01. The summed E-state index contributed by atoms with van der Waals surface area (Å²) >= 11 is 0. The molecule has 0 spiro atoms. The summed E-state index contributed by atoms with van der Waals surface area (Å²) in [6.45, 7) is 13.8. The van der Waals surface area contributed by atoms with Crippen LogP contribution >= 0.6 is 0 Å². The Morgan fingerprint density at radius 1 is 1.42 bits per heavy atom. The van der Waals surface area contributed by atoms with E-state index in [1.165, 1.54) is 0 Å². The molecule has 1 saturated heterocycles. The maximum atomic E-state index is 6.11. The maximum Gasteiger partial charge on any atom is 0.122 e. The molecule has 0 saturated carbocycles. The highest BCUT2D eigenvalue weighted by Gasteiger charge is 2.45. The largest absolute Gasteiger partial charge is 0.368 e. The van der Waals surface area contributed by atoms with E-state index < -0.39 is 0 Å². The molecule has 0 bridgehead atoms. The van der Waals surface area contributed by atoms with Gasteiger partial charge in [-0.05, 0) is 48.0 Å². The van der Waals surface area contributed by atoms with Crippen LogP contribution in [0.2, 0.25) is 0 Å². The van der Waals surface area contributed by atoms with Crippen molar-refractivity contribution in [1.82, 2.24) is 14.9 Å². The summed E-state index contributed by atoms with van der Waals surface area (Å²) in [6, 6.07) is 0.809. The summed E-state index contributed by atoms with van der Waals surface area (Å²) in [5.41, 5.74) is -0.173. The van der Waals surface area contributed by atoms with Crippen LogP contribution in [0, 0.1) is 0 Å². The second kappa shape index (κ2) is 4.91. The Balaban J connectivity index is 2.01. The Kier molecular flexibility index (Phi) is 3.76. The van der Waals surface area contributed by atoms with Crippen molar-refractivity contribution in [3.8, 4) is 0 Å². The third-order valence-corrected chi connectivity index (χ3v) is 3.89. The summed E-state index contributed by atoms with van der Waals surface area (Å²) < 4.78 is 8.32.